The molecule has 0 spiro atoms. The number of carbonyl (C=O) groups excluding carboxylic acids is 4. The van der Waals surface area contributed by atoms with Crippen LogP contribution in [-0.4, -0.2) is 86.7 Å². The van der Waals surface area contributed by atoms with Gasteiger partial charge in [-0.2, -0.15) is 0 Å². The van der Waals surface area contributed by atoms with E-state index in [0.717, 1.165) is 46.7 Å². The molecule has 0 saturated heterocycles. The number of amidine groups is 2. The third-order valence-corrected chi connectivity index (χ3v) is 7.67. The summed E-state index contributed by atoms with van der Waals surface area (Å²) >= 11 is 0. The second-order valence-electron chi connectivity index (χ2n) is 12.5. The van der Waals surface area contributed by atoms with Crippen LogP contribution in [0.15, 0.2) is 49.1 Å². The Morgan fingerprint density at radius 1 is 0.481 bits per heavy atom. The average Bonchev–Trinajstić information content (AvgIpc) is 3.16. The van der Waals surface area contributed by atoms with Gasteiger partial charge >= 0.3 is 45.8 Å². The summed E-state index contributed by atoms with van der Waals surface area (Å²) < 4.78 is 3.20. The molecule has 4 rings (SSSR count). The Labute approximate surface area is 323 Å². The summed E-state index contributed by atoms with van der Waals surface area (Å²) in [5, 5.41) is 60.1. The van der Waals surface area contributed by atoms with Crippen molar-refractivity contribution in [1.29, 1.82) is 0 Å². The molecular weight excluding hydrogens is 787 g/mol. The Morgan fingerprint density at radius 2 is 0.654 bits per heavy atom. The molecule has 2 aromatic rings. The molecule has 0 N–H and O–H groups in total. The third kappa shape index (κ3) is 14.9. The van der Waals surface area contributed by atoms with Gasteiger partial charge in [0.05, 0.1) is 0 Å². The van der Waals surface area contributed by atoms with Crippen LogP contribution in [0.25, 0.3) is 0 Å². The fourth-order valence-corrected chi connectivity index (χ4v) is 3.69. The van der Waals surface area contributed by atoms with Gasteiger partial charge in [0, 0.05) is 114 Å². The Morgan fingerprint density at radius 3 is 0.788 bits per heavy atom. The van der Waals surface area contributed by atoms with Crippen molar-refractivity contribution in [2.24, 2.45) is 0 Å². The van der Waals surface area contributed by atoms with Crippen LogP contribution in [0.3, 0.4) is 0 Å². The molecule has 0 amide bonds. The van der Waals surface area contributed by atoms with E-state index < -0.39 is 46.0 Å². The number of carboxylic acids is 4. The zero-order valence-electron chi connectivity index (χ0n) is 30.8. The van der Waals surface area contributed by atoms with Gasteiger partial charge in [0.1, 0.15) is 20.6 Å². The number of hydrogen-bond acceptors (Lipinski definition) is 14. The van der Waals surface area contributed by atoms with Crippen LogP contribution < -0.4 is 20.4 Å². The Bertz CT molecular complexity index is 1450. The first-order chi connectivity index (χ1) is 22.5. The Kier molecular flexibility index (Phi) is 23.2. The molecule has 0 aliphatic carbocycles. The fourth-order valence-electron chi connectivity index (χ4n) is 3.69. The molecule has 2 aliphatic rings. The van der Waals surface area contributed by atoms with E-state index >= 15 is 0 Å². The summed E-state index contributed by atoms with van der Waals surface area (Å²) in [6.45, 7) is 18.1. The molecule has 20 heteroatoms. The molecule has 0 saturated carbocycles. The normalized spacial score (nSPS) is 16.3. The second-order valence-corrected chi connectivity index (χ2v) is 12.5. The predicted octanol–water partition coefficient (Wildman–Crippen LogP) is -1.60. The zero-order valence-corrected chi connectivity index (χ0v) is 32.7. The molecule has 0 unspecified atom stereocenters. The minimum atomic E-state index is -1.08. The number of pyridine rings is 2. The molecule has 296 valence electrons. The number of carbonyl (C=O) groups is 4. The monoisotopic (exact) mass is 830 g/mol. The van der Waals surface area contributed by atoms with Crippen molar-refractivity contribution in [3.63, 3.8) is 0 Å². The van der Waals surface area contributed by atoms with Crippen molar-refractivity contribution in [2.45, 2.75) is 105 Å². The number of hydroxylamine groups is 2. The molecule has 0 atom stereocenters. The topological polar surface area (TPSA) is 279 Å². The number of nitrogens with zero attached hydrogens (tertiary/aromatic N) is 6. The van der Waals surface area contributed by atoms with Gasteiger partial charge in [-0.3, -0.25) is 9.97 Å². The van der Waals surface area contributed by atoms with Crippen molar-refractivity contribution >= 4 is 35.5 Å². The molecule has 0 aromatic carbocycles. The van der Waals surface area contributed by atoms with Crippen LogP contribution in [0.1, 0.15) is 94.2 Å². The van der Waals surface area contributed by atoms with Gasteiger partial charge in [0.25, 0.3) is 11.1 Å². The number of aliphatic carboxylic acids is 4. The summed E-state index contributed by atoms with van der Waals surface area (Å²) in [6, 6.07) is 6.68. The number of rotatable bonds is 2. The van der Waals surface area contributed by atoms with E-state index in [4.69, 9.17) is 39.6 Å². The number of hydrogen-bond donors (Lipinski definition) is 0. The van der Waals surface area contributed by atoms with E-state index in [9.17, 15) is 20.2 Å². The van der Waals surface area contributed by atoms with E-state index in [0.29, 0.717) is 11.1 Å². The quantitative estimate of drug-likeness (QED) is 0.187. The van der Waals surface area contributed by atoms with E-state index in [2.05, 4.69) is 9.97 Å². The van der Waals surface area contributed by atoms with Gasteiger partial charge in [-0.1, -0.05) is 0 Å². The van der Waals surface area contributed by atoms with Crippen LogP contribution >= 0.6 is 0 Å². The largest absolute Gasteiger partial charge is 1.00 e. The van der Waals surface area contributed by atoms with Crippen molar-refractivity contribution < 1.29 is 92.7 Å². The number of carboxylic acid groups (broad SMARTS) is 4. The summed E-state index contributed by atoms with van der Waals surface area (Å²) in [7, 11) is 0. The van der Waals surface area contributed by atoms with Gasteiger partial charge in [-0.05, 0) is 52.0 Å². The SMILES string of the molecule is CC(=O)[O-].CC(=O)[O-].CC(=O)[O-].CC(=O)[O-].CC1(C)[N+](=O)C(c2ccncc2)=[N+]([O-])C1(C)C.CC1(C)[N+](=O)C(c2ccncc2)=[N+]([O-])C1(C)C.[Cu+].[Cu+]. The maximum atomic E-state index is 12.3. The fraction of sp³-hybridized carbons (Fsp3) is 0.500. The van der Waals surface area contributed by atoms with E-state index in [-0.39, 0.29) is 45.8 Å². The summed E-state index contributed by atoms with van der Waals surface area (Å²) in [5.74, 6) is -4.02. The maximum absolute atomic E-state index is 12.3. The first-order valence-corrected chi connectivity index (χ1v) is 14.7. The third-order valence-electron chi connectivity index (χ3n) is 7.67. The van der Waals surface area contributed by atoms with Gasteiger partial charge < -0.3 is 50.0 Å². The minimum Gasteiger partial charge on any atom is -0.618 e. The molecule has 52 heavy (non-hydrogen) atoms. The van der Waals surface area contributed by atoms with Crippen molar-refractivity contribution in [1.82, 2.24) is 9.97 Å². The van der Waals surface area contributed by atoms with Gasteiger partial charge in [-0.15, -0.1) is 9.48 Å². The van der Waals surface area contributed by atoms with Crippen LogP contribution in [-0.2, 0) is 53.3 Å². The van der Waals surface area contributed by atoms with Crippen molar-refractivity contribution in [3.05, 3.63) is 80.4 Å². The summed E-state index contributed by atoms with van der Waals surface area (Å²) in [4.78, 5) is 67.9. The molecule has 0 bridgehead atoms. The van der Waals surface area contributed by atoms with Gasteiger partial charge in [0.15, 0.2) is 0 Å². The molecular formula is C32H44Cu2N6O12. The van der Waals surface area contributed by atoms with Crippen LogP contribution in [0.5, 0.6) is 0 Å². The molecule has 2 aromatic heterocycles. The predicted molar refractivity (Wildman–Crippen MR) is 170 cm³/mol. The van der Waals surface area contributed by atoms with E-state index in [1.807, 2.05) is 0 Å². The molecule has 18 nitrogen and oxygen atoms in total. The molecule has 0 fully saturated rings. The second kappa shape index (κ2) is 22.3. The molecule has 4 heterocycles. The van der Waals surface area contributed by atoms with Crippen LogP contribution in [0.4, 0.5) is 0 Å². The van der Waals surface area contributed by atoms with E-state index in [1.54, 1.807) is 104 Å². The maximum Gasteiger partial charge on any atom is 1.00 e. The minimum absolute atomic E-state index is 0. The first-order valence-electron chi connectivity index (χ1n) is 14.7. The summed E-state index contributed by atoms with van der Waals surface area (Å²) in [6.07, 6.45) is 6.29. The van der Waals surface area contributed by atoms with Crippen LogP contribution in [0, 0.1) is 20.2 Å². The van der Waals surface area contributed by atoms with E-state index in [1.165, 1.54) is 0 Å². The molecule has 2 aliphatic heterocycles. The average molecular weight is 832 g/mol. The van der Waals surface area contributed by atoms with Gasteiger partial charge in [0.2, 0.25) is 11.1 Å². The molecule has 0 radical (unpaired) electrons. The Balaban J connectivity index is -0.000000307. The van der Waals surface area contributed by atoms with Crippen molar-refractivity contribution in [3.8, 4) is 0 Å². The van der Waals surface area contributed by atoms with Gasteiger partial charge in [-0.25, -0.2) is 0 Å². The zero-order chi connectivity index (χ0) is 40.0. The number of nitroso groups, excluding NO2 is 2. The Hall–Kier alpha value is -4.64. The van der Waals surface area contributed by atoms with Crippen molar-refractivity contribution in [2.75, 3.05) is 0 Å². The number of aromatic nitrogens is 2. The first kappa shape index (κ1) is 54.1. The summed E-state index contributed by atoms with van der Waals surface area (Å²) in [5.41, 5.74) is -1.88. The van der Waals surface area contributed by atoms with Crippen LogP contribution in [0.2, 0.25) is 0 Å². The standard InChI is InChI=1S/2C12H16N3O2.4C2H4O2.2Cu/c2*1-11(2)12(3,4)15(17)10(14(11)16)9-5-7-13-8-6-9;4*1-2(3)4;;/h2*5-8H,1-4H3;4*1H3,(H,3,4);;/q2*+1;;;;;2*+1/p-4. The smallest absolute Gasteiger partial charge is 0.618 e.